The minimum absolute atomic E-state index is 0.230. The van der Waals surface area contributed by atoms with E-state index in [4.69, 9.17) is 0 Å². The van der Waals surface area contributed by atoms with E-state index in [1.54, 1.807) is 0 Å². The van der Waals surface area contributed by atoms with Gasteiger partial charge < -0.3 is 9.47 Å². The predicted octanol–water partition coefficient (Wildman–Crippen LogP) is 3.74. The van der Waals surface area contributed by atoms with Crippen molar-refractivity contribution in [2.24, 2.45) is 5.92 Å². The van der Waals surface area contributed by atoms with Gasteiger partial charge in [0.2, 0.25) is 5.91 Å². The van der Waals surface area contributed by atoms with E-state index >= 15 is 0 Å². The number of nitrogens with zero attached hydrogens (tertiary/aromatic N) is 3. The van der Waals surface area contributed by atoms with Crippen LogP contribution in [0.5, 0.6) is 0 Å². The summed E-state index contributed by atoms with van der Waals surface area (Å²) in [5.41, 5.74) is 3.26. The molecule has 28 heavy (non-hydrogen) atoms. The van der Waals surface area contributed by atoms with Crippen molar-refractivity contribution in [2.45, 2.75) is 71.3 Å². The van der Waals surface area contributed by atoms with Crippen LogP contribution in [-0.4, -0.2) is 58.8 Å². The quantitative estimate of drug-likeness (QED) is 0.726. The number of aryl methyl sites for hydroxylation is 1. The molecule has 1 amide bonds. The van der Waals surface area contributed by atoms with Gasteiger partial charge in [-0.3, -0.25) is 14.5 Å². The number of piperazine rings is 1. The van der Waals surface area contributed by atoms with E-state index < -0.39 is 0 Å². The summed E-state index contributed by atoms with van der Waals surface area (Å²) in [6.45, 7) is 7.87. The number of hydrogen-bond donors (Lipinski definition) is 0. The molecule has 0 radical (unpaired) electrons. The van der Waals surface area contributed by atoms with Crippen molar-refractivity contribution in [3.05, 3.63) is 23.0 Å². The molecule has 154 valence electrons. The molecule has 5 nitrogen and oxygen atoms in total. The topological polar surface area (TPSA) is 45.6 Å². The van der Waals surface area contributed by atoms with Crippen LogP contribution in [0.2, 0.25) is 0 Å². The van der Waals surface area contributed by atoms with Gasteiger partial charge in [-0.05, 0) is 45.6 Å². The molecule has 3 fully saturated rings. The van der Waals surface area contributed by atoms with Crippen LogP contribution in [-0.2, 0) is 4.79 Å². The van der Waals surface area contributed by atoms with E-state index in [-0.39, 0.29) is 11.7 Å². The maximum Gasteiger partial charge on any atom is 0.225 e. The second kappa shape index (κ2) is 8.40. The van der Waals surface area contributed by atoms with Gasteiger partial charge in [0.05, 0.1) is 6.54 Å². The van der Waals surface area contributed by atoms with Gasteiger partial charge in [0.15, 0.2) is 5.78 Å². The van der Waals surface area contributed by atoms with Crippen LogP contribution in [0.25, 0.3) is 0 Å². The number of rotatable bonds is 5. The second-order valence-corrected chi connectivity index (χ2v) is 9.10. The average Bonchev–Trinajstić information content (AvgIpc) is 3.43. The van der Waals surface area contributed by atoms with Gasteiger partial charge in [-0.2, -0.15) is 0 Å². The van der Waals surface area contributed by atoms with Gasteiger partial charge in [-0.15, -0.1) is 0 Å². The van der Waals surface area contributed by atoms with Crippen molar-refractivity contribution in [2.75, 3.05) is 32.7 Å². The Hall–Kier alpha value is -1.62. The van der Waals surface area contributed by atoms with Crippen LogP contribution in [0.3, 0.4) is 0 Å². The molecule has 2 heterocycles. The van der Waals surface area contributed by atoms with Gasteiger partial charge in [-0.25, -0.2) is 0 Å². The highest BCUT2D eigenvalue weighted by atomic mass is 16.2. The van der Waals surface area contributed by atoms with Gasteiger partial charge in [-0.1, -0.05) is 25.7 Å². The maximum absolute atomic E-state index is 13.0. The van der Waals surface area contributed by atoms with E-state index in [0.29, 0.717) is 18.5 Å². The van der Waals surface area contributed by atoms with Crippen molar-refractivity contribution in [3.8, 4) is 0 Å². The Morgan fingerprint density at radius 3 is 2.18 bits per heavy atom. The highest BCUT2D eigenvalue weighted by molar-refractivity contribution is 5.99. The highest BCUT2D eigenvalue weighted by Crippen LogP contribution is 2.33. The smallest absolute Gasteiger partial charge is 0.225 e. The lowest BCUT2D eigenvalue weighted by Gasteiger charge is -2.35. The highest BCUT2D eigenvalue weighted by Gasteiger charge is 2.30. The first-order chi connectivity index (χ1) is 13.5. The fourth-order valence-electron chi connectivity index (χ4n) is 5.63. The lowest BCUT2D eigenvalue weighted by atomic mass is 10.1. The molecule has 5 heteroatoms. The molecule has 1 aliphatic heterocycles. The Morgan fingerprint density at radius 2 is 1.54 bits per heavy atom. The lowest BCUT2D eigenvalue weighted by molar-refractivity contribution is -0.137. The third-order valence-electron chi connectivity index (χ3n) is 7.23. The molecular formula is C23H35N3O2. The van der Waals surface area contributed by atoms with Crippen LogP contribution < -0.4 is 0 Å². The first-order valence-corrected chi connectivity index (χ1v) is 11.3. The van der Waals surface area contributed by atoms with Crippen LogP contribution in [0.15, 0.2) is 6.07 Å². The lowest BCUT2D eigenvalue weighted by Crippen LogP contribution is -2.51. The molecule has 0 bridgehead atoms. The summed E-state index contributed by atoms with van der Waals surface area (Å²) in [6.07, 6.45) is 9.60. The van der Waals surface area contributed by atoms with Crippen molar-refractivity contribution < 1.29 is 9.59 Å². The molecule has 0 atom stereocenters. The van der Waals surface area contributed by atoms with Crippen LogP contribution >= 0.6 is 0 Å². The van der Waals surface area contributed by atoms with Gasteiger partial charge in [0, 0.05) is 55.1 Å². The monoisotopic (exact) mass is 385 g/mol. The van der Waals surface area contributed by atoms with E-state index in [1.807, 2.05) is 4.90 Å². The molecule has 2 saturated carbocycles. The molecule has 1 aromatic heterocycles. The van der Waals surface area contributed by atoms with Crippen molar-refractivity contribution in [3.63, 3.8) is 0 Å². The van der Waals surface area contributed by atoms with E-state index in [1.165, 1.54) is 44.2 Å². The van der Waals surface area contributed by atoms with Crippen LogP contribution in [0.1, 0.15) is 79.2 Å². The largest absolute Gasteiger partial charge is 0.345 e. The van der Waals surface area contributed by atoms with Crippen LogP contribution in [0.4, 0.5) is 0 Å². The van der Waals surface area contributed by atoms with E-state index in [9.17, 15) is 9.59 Å². The van der Waals surface area contributed by atoms with E-state index in [2.05, 4.69) is 29.4 Å². The molecule has 1 aromatic rings. The first kappa shape index (κ1) is 19.7. The Balaban J connectivity index is 1.33. The van der Waals surface area contributed by atoms with Gasteiger partial charge in [0.1, 0.15) is 0 Å². The third kappa shape index (κ3) is 3.91. The van der Waals surface area contributed by atoms with Crippen molar-refractivity contribution >= 4 is 11.7 Å². The Morgan fingerprint density at radius 1 is 0.929 bits per heavy atom. The van der Waals surface area contributed by atoms with Gasteiger partial charge >= 0.3 is 0 Å². The number of carbonyl (C=O) groups is 2. The number of aromatic nitrogens is 1. The normalized spacial score (nSPS) is 22.3. The summed E-state index contributed by atoms with van der Waals surface area (Å²) in [4.78, 5) is 29.9. The number of carbonyl (C=O) groups excluding carboxylic acids is 2. The zero-order valence-electron chi connectivity index (χ0n) is 17.6. The zero-order chi connectivity index (χ0) is 19.7. The fraction of sp³-hybridized carbons (Fsp3) is 0.739. The first-order valence-electron chi connectivity index (χ1n) is 11.3. The number of ketones is 1. The zero-order valence-corrected chi connectivity index (χ0v) is 17.6. The Labute approximate surface area is 169 Å². The molecule has 0 aromatic carbocycles. The Kier molecular flexibility index (Phi) is 5.91. The molecular weight excluding hydrogens is 350 g/mol. The predicted molar refractivity (Wildman–Crippen MR) is 111 cm³/mol. The summed E-state index contributed by atoms with van der Waals surface area (Å²) in [5, 5.41) is 0. The number of hydrogen-bond acceptors (Lipinski definition) is 3. The summed E-state index contributed by atoms with van der Waals surface area (Å²) in [6, 6.07) is 2.67. The average molecular weight is 386 g/mol. The summed E-state index contributed by atoms with van der Waals surface area (Å²) in [5.74, 6) is 0.839. The molecule has 0 N–H and O–H groups in total. The fourth-order valence-corrected chi connectivity index (χ4v) is 5.63. The number of Topliss-reactive ketones (excluding diaryl/α,β-unsaturated/α-hetero) is 1. The SMILES string of the molecule is Cc1cc(C(=O)CN2CCN(C(=O)C3CCCC3)CC2)c(C)n1C1CCCC1. The molecule has 0 spiro atoms. The molecule has 1 saturated heterocycles. The minimum atomic E-state index is 0.230. The summed E-state index contributed by atoms with van der Waals surface area (Å²) < 4.78 is 2.40. The third-order valence-corrected chi connectivity index (χ3v) is 7.23. The molecule has 4 rings (SSSR count). The molecule has 2 aliphatic carbocycles. The minimum Gasteiger partial charge on any atom is -0.345 e. The van der Waals surface area contributed by atoms with Crippen molar-refractivity contribution in [1.82, 2.24) is 14.4 Å². The van der Waals surface area contributed by atoms with E-state index in [0.717, 1.165) is 50.3 Å². The number of amides is 1. The van der Waals surface area contributed by atoms with Crippen molar-refractivity contribution in [1.29, 1.82) is 0 Å². The summed E-state index contributed by atoms with van der Waals surface area (Å²) in [7, 11) is 0. The summed E-state index contributed by atoms with van der Waals surface area (Å²) >= 11 is 0. The second-order valence-electron chi connectivity index (χ2n) is 9.10. The van der Waals surface area contributed by atoms with Gasteiger partial charge in [0.25, 0.3) is 0 Å². The molecule has 0 unspecified atom stereocenters. The Bertz CT molecular complexity index is 718. The maximum atomic E-state index is 13.0. The van der Waals surface area contributed by atoms with Crippen LogP contribution in [0, 0.1) is 19.8 Å². The molecule has 3 aliphatic rings. The standard InChI is InChI=1S/C23H35N3O2/c1-17-15-21(18(2)26(17)20-9-5-6-10-20)22(27)16-24-11-13-25(14-12-24)23(28)19-7-3-4-8-19/h15,19-20H,3-14,16H2,1-2H3.